The summed E-state index contributed by atoms with van der Waals surface area (Å²) < 4.78 is 12.6. The normalized spacial score (nSPS) is 10.8. The molecule has 8 heteroatoms. The molecule has 3 aromatic rings. The summed E-state index contributed by atoms with van der Waals surface area (Å²) in [6, 6.07) is 13.5. The summed E-state index contributed by atoms with van der Waals surface area (Å²) in [7, 11) is 3.18. The number of anilines is 1. The van der Waals surface area contributed by atoms with E-state index in [1.165, 1.54) is 17.3 Å². The van der Waals surface area contributed by atoms with Gasteiger partial charge < -0.3 is 14.8 Å². The molecule has 2 aromatic carbocycles. The van der Waals surface area contributed by atoms with Gasteiger partial charge in [0.15, 0.2) is 22.5 Å². The Labute approximate surface area is 192 Å². The Morgan fingerprint density at radius 1 is 1.12 bits per heavy atom. The lowest BCUT2D eigenvalue weighted by molar-refractivity contribution is -0.113. The number of carbonyl (C=O) groups is 1. The molecular weight excluding hydrogens is 424 g/mol. The van der Waals surface area contributed by atoms with E-state index in [0.29, 0.717) is 34.9 Å². The van der Waals surface area contributed by atoms with Gasteiger partial charge in [-0.1, -0.05) is 43.8 Å². The lowest BCUT2D eigenvalue weighted by Crippen LogP contribution is -2.14. The first-order valence-corrected chi connectivity index (χ1v) is 11.2. The maximum Gasteiger partial charge on any atom is 0.234 e. The van der Waals surface area contributed by atoms with Gasteiger partial charge in [-0.15, -0.1) is 16.8 Å². The number of amides is 1. The second-order valence-corrected chi connectivity index (χ2v) is 8.33. The Hall–Kier alpha value is -3.26. The minimum Gasteiger partial charge on any atom is -0.493 e. The summed E-state index contributed by atoms with van der Waals surface area (Å²) >= 11 is 1.33. The SMILES string of the molecule is C=CCn1c(SCC(=O)Nc2ccc(C(C)C)cc2)nnc1-c1ccc(OC)c(OC)c1. The molecule has 0 atom stereocenters. The van der Waals surface area contributed by atoms with Crippen molar-refractivity contribution in [2.45, 2.75) is 31.5 Å². The van der Waals surface area contributed by atoms with Crippen molar-refractivity contribution < 1.29 is 14.3 Å². The van der Waals surface area contributed by atoms with Gasteiger partial charge in [0.2, 0.25) is 5.91 Å². The van der Waals surface area contributed by atoms with E-state index < -0.39 is 0 Å². The minimum absolute atomic E-state index is 0.104. The van der Waals surface area contributed by atoms with E-state index in [0.717, 1.165) is 11.3 Å². The number of methoxy groups -OCH3 is 2. The van der Waals surface area contributed by atoms with Crippen LogP contribution in [0.2, 0.25) is 0 Å². The number of rotatable bonds is 10. The highest BCUT2D eigenvalue weighted by molar-refractivity contribution is 7.99. The number of benzene rings is 2. The van der Waals surface area contributed by atoms with Gasteiger partial charge in [-0.05, 0) is 41.8 Å². The zero-order valence-corrected chi connectivity index (χ0v) is 19.6. The third-order valence-corrected chi connectivity index (χ3v) is 5.83. The predicted molar refractivity (Wildman–Crippen MR) is 129 cm³/mol. The molecule has 7 nitrogen and oxygen atoms in total. The highest BCUT2D eigenvalue weighted by Gasteiger charge is 2.17. The van der Waals surface area contributed by atoms with E-state index >= 15 is 0 Å². The van der Waals surface area contributed by atoms with Crippen LogP contribution in [-0.2, 0) is 11.3 Å². The number of nitrogens with one attached hydrogen (secondary N) is 1. The molecule has 3 rings (SSSR count). The average Bonchev–Trinajstić information content (AvgIpc) is 3.20. The van der Waals surface area contributed by atoms with Crippen LogP contribution in [-0.4, -0.2) is 40.6 Å². The first kappa shape index (κ1) is 23.4. The number of hydrogen-bond acceptors (Lipinski definition) is 6. The Morgan fingerprint density at radius 2 is 1.84 bits per heavy atom. The fraction of sp³-hybridized carbons (Fsp3) is 0.292. The third-order valence-electron chi connectivity index (χ3n) is 4.86. The summed E-state index contributed by atoms with van der Waals surface area (Å²) in [5.41, 5.74) is 2.84. The molecule has 1 N–H and O–H groups in total. The molecule has 1 aromatic heterocycles. The third kappa shape index (κ3) is 5.50. The first-order chi connectivity index (χ1) is 15.5. The average molecular weight is 453 g/mol. The monoisotopic (exact) mass is 452 g/mol. The number of nitrogens with zero attached hydrogens (tertiary/aromatic N) is 3. The van der Waals surface area contributed by atoms with E-state index in [9.17, 15) is 4.79 Å². The Kier molecular flexibility index (Phi) is 7.94. The van der Waals surface area contributed by atoms with E-state index in [1.807, 2.05) is 47.0 Å². The molecular formula is C24H28N4O3S. The number of aromatic nitrogens is 3. The van der Waals surface area contributed by atoms with Crippen molar-refractivity contribution in [2.24, 2.45) is 0 Å². The quantitative estimate of drug-likeness (QED) is 0.344. The summed E-state index contributed by atoms with van der Waals surface area (Å²) in [5.74, 6) is 2.47. The van der Waals surface area contributed by atoms with Gasteiger partial charge in [0, 0.05) is 17.8 Å². The van der Waals surface area contributed by atoms with E-state index in [2.05, 4.69) is 35.9 Å². The van der Waals surface area contributed by atoms with Gasteiger partial charge in [-0.25, -0.2) is 0 Å². The molecule has 0 aliphatic heterocycles. The van der Waals surface area contributed by atoms with Gasteiger partial charge in [0.25, 0.3) is 0 Å². The second-order valence-electron chi connectivity index (χ2n) is 7.39. The molecule has 0 saturated heterocycles. The Morgan fingerprint density at radius 3 is 2.47 bits per heavy atom. The summed E-state index contributed by atoms with van der Waals surface area (Å²) in [4.78, 5) is 12.5. The fourth-order valence-corrected chi connectivity index (χ4v) is 3.90. The van der Waals surface area contributed by atoms with Crippen LogP contribution in [0, 0.1) is 0 Å². The van der Waals surface area contributed by atoms with Crippen molar-refractivity contribution in [3.05, 3.63) is 60.7 Å². The first-order valence-electron chi connectivity index (χ1n) is 10.3. The molecule has 0 aliphatic carbocycles. The molecule has 1 amide bonds. The number of allylic oxidation sites excluding steroid dienone is 1. The van der Waals surface area contributed by atoms with Gasteiger partial charge in [0.1, 0.15) is 0 Å². The van der Waals surface area contributed by atoms with Crippen LogP contribution in [0.15, 0.2) is 60.3 Å². The minimum atomic E-state index is -0.104. The van der Waals surface area contributed by atoms with Gasteiger partial charge >= 0.3 is 0 Å². The zero-order valence-electron chi connectivity index (χ0n) is 18.8. The number of ether oxygens (including phenoxy) is 2. The van der Waals surface area contributed by atoms with Crippen LogP contribution in [0.5, 0.6) is 11.5 Å². The highest BCUT2D eigenvalue weighted by atomic mass is 32.2. The topological polar surface area (TPSA) is 78.3 Å². The van der Waals surface area contributed by atoms with Crippen molar-refractivity contribution in [3.63, 3.8) is 0 Å². The van der Waals surface area contributed by atoms with Crippen molar-refractivity contribution in [2.75, 3.05) is 25.3 Å². The number of hydrogen-bond donors (Lipinski definition) is 1. The van der Waals surface area contributed by atoms with Crippen LogP contribution in [0.25, 0.3) is 11.4 Å². The number of carbonyl (C=O) groups excluding carboxylic acids is 1. The molecule has 0 fully saturated rings. The van der Waals surface area contributed by atoms with Gasteiger partial charge in [-0.2, -0.15) is 0 Å². The van der Waals surface area contributed by atoms with Crippen LogP contribution in [0.4, 0.5) is 5.69 Å². The van der Waals surface area contributed by atoms with Crippen molar-refractivity contribution in [3.8, 4) is 22.9 Å². The second kappa shape index (κ2) is 10.9. The standard InChI is InChI=1S/C24H28N4O3S/c1-6-13-28-23(18-9-12-20(30-4)21(14-18)31-5)26-27-24(28)32-15-22(29)25-19-10-7-17(8-11-19)16(2)3/h6-12,14,16H,1,13,15H2,2-5H3,(H,25,29). The van der Waals surface area contributed by atoms with Crippen molar-refractivity contribution >= 4 is 23.4 Å². The molecule has 0 bridgehead atoms. The molecule has 1 heterocycles. The smallest absolute Gasteiger partial charge is 0.234 e. The van der Waals surface area contributed by atoms with E-state index in [4.69, 9.17) is 9.47 Å². The van der Waals surface area contributed by atoms with Crippen LogP contribution >= 0.6 is 11.8 Å². The Bertz CT molecular complexity index is 1080. The largest absolute Gasteiger partial charge is 0.493 e. The van der Waals surface area contributed by atoms with E-state index in [1.54, 1.807) is 20.3 Å². The van der Waals surface area contributed by atoms with Crippen LogP contribution < -0.4 is 14.8 Å². The van der Waals surface area contributed by atoms with Crippen molar-refractivity contribution in [1.29, 1.82) is 0 Å². The maximum absolute atomic E-state index is 12.5. The zero-order chi connectivity index (χ0) is 23.1. The molecule has 0 spiro atoms. The summed E-state index contributed by atoms with van der Waals surface area (Å²) in [6.45, 7) is 8.62. The Balaban J connectivity index is 1.72. The predicted octanol–water partition coefficient (Wildman–Crippen LogP) is 5.00. The summed E-state index contributed by atoms with van der Waals surface area (Å²) in [5, 5.41) is 12.2. The van der Waals surface area contributed by atoms with Gasteiger partial charge in [0.05, 0.1) is 20.0 Å². The lowest BCUT2D eigenvalue weighted by Gasteiger charge is -2.11. The molecule has 32 heavy (non-hydrogen) atoms. The highest BCUT2D eigenvalue weighted by Crippen LogP contribution is 2.33. The fourth-order valence-electron chi connectivity index (χ4n) is 3.16. The van der Waals surface area contributed by atoms with Crippen LogP contribution in [0.3, 0.4) is 0 Å². The van der Waals surface area contributed by atoms with Crippen molar-refractivity contribution in [1.82, 2.24) is 14.8 Å². The van der Waals surface area contributed by atoms with Gasteiger partial charge in [-0.3, -0.25) is 9.36 Å². The van der Waals surface area contributed by atoms with E-state index in [-0.39, 0.29) is 11.7 Å². The molecule has 168 valence electrons. The van der Waals surface area contributed by atoms with Crippen LogP contribution in [0.1, 0.15) is 25.3 Å². The number of thioether (sulfide) groups is 1. The molecule has 0 aliphatic rings. The molecule has 0 saturated carbocycles. The molecule has 0 radical (unpaired) electrons. The lowest BCUT2D eigenvalue weighted by atomic mass is 10.0. The molecule has 0 unspecified atom stereocenters. The maximum atomic E-state index is 12.5. The summed E-state index contributed by atoms with van der Waals surface area (Å²) in [6.07, 6.45) is 1.77.